The Morgan fingerprint density at radius 3 is 2.30 bits per heavy atom. The highest BCUT2D eigenvalue weighted by molar-refractivity contribution is 7.89. The normalized spacial score (nSPS) is 11.6. The van der Waals surface area contributed by atoms with Gasteiger partial charge in [0.2, 0.25) is 15.9 Å². The molecular weight excluding hydrogens is 359 g/mol. The van der Waals surface area contributed by atoms with Gasteiger partial charge in [0.25, 0.3) is 0 Å². The summed E-state index contributed by atoms with van der Waals surface area (Å²) in [6.07, 6.45) is 2.86. The van der Waals surface area contributed by atoms with Crippen LogP contribution in [0, 0.1) is 0 Å². The minimum absolute atomic E-state index is 0.0287. The summed E-state index contributed by atoms with van der Waals surface area (Å²) in [6.45, 7) is 0. The molecule has 0 aliphatic heterocycles. The van der Waals surface area contributed by atoms with Gasteiger partial charge in [0.05, 0.1) is 4.90 Å². The third-order valence-corrected chi connectivity index (χ3v) is 4.32. The Morgan fingerprint density at radius 1 is 1.09 bits per heavy atom. The lowest BCUT2D eigenvalue weighted by atomic mass is 10.2. The zero-order chi connectivity index (χ0) is 17.0. The van der Waals surface area contributed by atoms with Gasteiger partial charge in [0.1, 0.15) is 0 Å². The van der Waals surface area contributed by atoms with Gasteiger partial charge < -0.3 is 5.32 Å². The van der Waals surface area contributed by atoms with Gasteiger partial charge in [-0.15, -0.1) is 0 Å². The van der Waals surface area contributed by atoms with Gasteiger partial charge in [0, 0.05) is 21.8 Å². The van der Waals surface area contributed by atoms with Crippen molar-refractivity contribution in [1.29, 1.82) is 0 Å². The average Bonchev–Trinajstić information content (AvgIpc) is 2.46. The quantitative estimate of drug-likeness (QED) is 0.809. The number of halogens is 2. The Bertz CT molecular complexity index is 863. The molecule has 0 radical (unpaired) electrons. The SMILES string of the molecule is NS(=O)(=O)c1ccc(NC(=O)/C=C/c2ccc(Cl)cc2Cl)cc1. The Morgan fingerprint density at radius 2 is 1.74 bits per heavy atom. The first-order valence-corrected chi connectivity index (χ1v) is 8.63. The molecule has 23 heavy (non-hydrogen) atoms. The molecule has 0 fully saturated rings. The molecule has 0 aliphatic carbocycles. The molecule has 0 saturated heterocycles. The predicted octanol–water partition coefficient (Wildman–Crippen LogP) is 3.29. The topological polar surface area (TPSA) is 89.3 Å². The molecule has 3 N–H and O–H groups in total. The van der Waals surface area contributed by atoms with Crippen LogP contribution in [0.15, 0.2) is 53.4 Å². The molecule has 0 atom stereocenters. The highest BCUT2D eigenvalue weighted by Crippen LogP contribution is 2.22. The van der Waals surface area contributed by atoms with Crippen LogP contribution in [0.5, 0.6) is 0 Å². The maximum Gasteiger partial charge on any atom is 0.248 e. The molecule has 2 aromatic rings. The van der Waals surface area contributed by atoms with Crippen molar-refractivity contribution in [3.8, 4) is 0 Å². The van der Waals surface area contributed by atoms with E-state index in [-0.39, 0.29) is 10.8 Å². The van der Waals surface area contributed by atoms with Gasteiger partial charge in [-0.05, 0) is 48.0 Å². The molecule has 0 spiro atoms. The number of hydrogen-bond acceptors (Lipinski definition) is 3. The number of rotatable bonds is 4. The van der Waals surface area contributed by atoms with Crippen LogP contribution in [-0.4, -0.2) is 14.3 Å². The van der Waals surface area contributed by atoms with Gasteiger partial charge >= 0.3 is 0 Å². The van der Waals surface area contributed by atoms with E-state index in [1.165, 1.54) is 30.3 Å². The summed E-state index contributed by atoms with van der Waals surface area (Å²) in [5.41, 5.74) is 1.09. The molecule has 0 aliphatic rings. The third-order valence-electron chi connectivity index (χ3n) is 2.83. The Balaban J connectivity index is 2.06. The van der Waals surface area contributed by atoms with Crippen LogP contribution >= 0.6 is 23.2 Å². The number of carbonyl (C=O) groups is 1. The van der Waals surface area contributed by atoms with Crippen LogP contribution in [0.1, 0.15) is 5.56 Å². The number of anilines is 1. The molecule has 1 amide bonds. The third kappa shape index (κ3) is 5.07. The Hall–Kier alpha value is -1.86. The second kappa shape index (κ2) is 7.14. The van der Waals surface area contributed by atoms with E-state index in [0.717, 1.165) is 0 Å². The summed E-state index contributed by atoms with van der Waals surface area (Å²) < 4.78 is 22.3. The first kappa shape index (κ1) is 17.5. The number of nitrogens with one attached hydrogen (secondary N) is 1. The smallest absolute Gasteiger partial charge is 0.248 e. The number of hydrogen-bond donors (Lipinski definition) is 2. The van der Waals surface area contributed by atoms with E-state index in [4.69, 9.17) is 28.3 Å². The van der Waals surface area contributed by atoms with E-state index >= 15 is 0 Å². The van der Waals surface area contributed by atoms with E-state index in [1.54, 1.807) is 24.3 Å². The van der Waals surface area contributed by atoms with Gasteiger partial charge in [0.15, 0.2) is 0 Å². The Labute approximate surface area is 143 Å². The zero-order valence-corrected chi connectivity index (χ0v) is 14.0. The number of nitrogens with two attached hydrogens (primary N) is 1. The lowest BCUT2D eigenvalue weighted by Crippen LogP contribution is -2.12. The predicted molar refractivity (Wildman–Crippen MR) is 91.9 cm³/mol. The second-order valence-electron chi connectivity index (χ2n) is 4.56. The van der Waals surface area contributed by atoms with Crippen LogP contribution in [0.3, 0.4) is 0 Å². The maximum atomic E-state index is 11.8. The largest absolute Gasteiger partial charge is 0.323 e. The van der Waals surface area contributed by atoms with Gasteiger partial charge in [-0.3, -0.25) is 4.79 Å². The molecular formula is C15H12Cl2N2O3S. The fourth-order valence-electron chi connectivity index (χ4n) is 1.71. The fraction of sp³-hybridized carbons (Fsp3) is 0. The van der Waals surface area contributed by atoms with E-state index in [0.29, 0.717) is 21.3 Å². The van der Waals surface area contributed by atoms with Crippen molar-refractivity contribution in [2.24, 2.45) is 5.14 Å². The number of primary sulfonamides is 1. The van der Waals surface area contributed by atoms with Crippen molar-refractivity contribution < 1.29 is 13.2 Å². The lowest BCUT2D eigenvalue weighted by molar-refractivity contribution is -0.111. The molecule has 120 valence electrons. The number of amides is 1. The molecule has 2 rings (SSSR count). The highest BCUT2D eigenvalue weighted by Gasteiger charge is 2.07. The summed E-state index contributed by atoms with van der Waals surface area (Å²) in [4.78, 5) is 11.8. The van der Waals surface area contributed by atoms with Crippen molar-refractivity contribution in [2.45, 2.75) is 4.90 Å². The van der Waals surface area contributed by atoms with Crippen molar-refractivity contribution >= 4 is 50.9 Å². The van der Waals surface area contributed by atoms with Crippen LogP contribution in [0.2, 0.25) is 10.0 Å². The van der Waals surface area contributed by atoms with Crippen LogP contribution in [0.4, 0.5) is 5.69 Å². The van der Waals surface area contributed by atoms with Crippen LogP contribution in [0.25, 0.3) is 6.08 Å². The number of carbonyl (C=O) groups excluding carboxylic acids is 1. The van der Waals surface area contributed by atoms with Gasteiger partial charge in [-0.25, -0.2) is 13.6 Å². The van der Waals surface area contributed by atoms with Crippen LogP contribution < -0.4 is 10.5 Å². The molecule has 0 heterocycles. The number of benzene rings is 2. The van der Waals surface area contributed by atoms with Crippen molar-refractivity contribution in [2.75, 3.05) is 5.32 Å². The van der Waals surface area contributed by atoms with Gasteiger partial charge in [-0.2, -0.15) is 0 Å². The lowest BCUT2D eigenvalue weighted by Gasteiger charge is -2.04. The van der Waals surface area contributed by atoms with Crippen LogP contribution in [-0.2, 0) is 14.8 Å². The van der Waals surface area contributed by atoms with Crippen molar-refractivity contribution in [1.82, 2.24) is 0 Å². The summed E-state index contributed by atoms with van der Waals surface area (Å²) in [6, 6.07) is 10.4. The summed E-state index contributed by atoms with van der Waals surface area (Å²) in [7, 11) is -3.75. The molecule has 0 aromatic heterocycles. The van der Waals surface area contributed by atoms with E-state index in [2.05, 4.69) is 5.32 Å². The first-order valence-electron chi connectivity index (χ1n) is 6.33. The molecule has 0 bridgehead atoms. The minimum atomic E-state index is -3.75. The summed E-state index contributed by atoms with van der Waals surface area (Å²) in [5.74, 6) is -0.389. The average molecular weight is 371 g/mol. The molecule has 5 nitrogen and oxygen atoms in total. The van der Waals surface area contributed by atoms with E-state index < -0.39 is 10.0 Å². The van der Waals surface area contributed by atoms with Crippen molar-refractivity contribution in [3.05, 3.63) is 64.1 Å². The molecule has 0 unspecified atom stereocenters. The summed E-state index contributed by atoms with van der Waals surface area (Å²) in [5, 5.41) is 8.52. The standard InChI is InChI=1S/C15H12Cl2N2O3S/c16-11-3-1-10(14(17)9-11)2-8-15(20)19-12-4-6-13(7-5-12)23(18,21)22/h1-9H,(H,19,20)(H2,18,21,22)/b8-2+. The Kier molecular flexibility index (Phi) is 5.43. The second-order valence-corrected chi connectivity index (χ2v) is 6.96. The fourth-order valence-corrected chi connectivity index (χ4v) is 2.70. The van der Waals surface area contributed by atoms with E-state index in [1.807, 2.05) is 0 Å². The highest BCUT2D eigenvalue weighted by atomic mass is 35.5. The maximum absolute atomic E-state index is 11.8. The first-order chi connectivity index (χ1) is 10.8. The minimum Gasteiger partial charge on any atom is -0.323 e. The monoisotopic (exact) mass is 370 g/mol. The molecule has 0 saturated carbocycles. The van der Waals surface area contributed by atoms with Gasteiger partial charge in [-0.1, -0.05) is 29.3 Å². The summed E-state index contributed by atoms with van der Waals surface area (Å²) >= 11 is 11.8. The van der Waals surface area contributed by atoms with E-state index in [9.17, 15) is 13.2 Å². The zero-order valence-electron chi connectivity index (χ0n) is 11.7. The number of sulfonamides is 1. The van der Waals surface area contributed by atoms with Crippen molar-refractivity contribution in [3.63, 3.8) is 0 Å². The molecule has 8 heteroatoms. The molecule has 2 aromatic carbocycles.